The molecule has 0 unspecified atom stereocenters. The zero-order valence-corrected chi connectivity index (χ0v) is 32.2. The van der Waals surface area contributed by atoms with E-state index in [4.69, 9.17) is 9.47 Å². The number of rotatable bonds is 9. The Morgan fingerprint density at radius 1 is 0.483 bits per heavy atom. The van der Waals surface area contributed by atoms with Crippen LogP contribution in [0.15, 0.2) is 164 Å². The highest BCUT2D eigenvalue weighted by Gasteiger charge is 2.39. The Labute approximate surface area is 334 Å². The van der Waals surface area contributed by atoms with Crippen LogP contribution in [-0.2, 0) is 4.57 Å². The standard InChI is InChI=1S/C48H33N2O7P/c1-30-12-9-14-33(26-30)56-35-23-25-43(58(55,36-16-5-3-6-17-36)37-18-7-4-8-19-37)42(29-35)57-34-15-10-13-32(28-34)50-46(52)39-24-22-31(27-41(39)47(50)53)38-20-11-21-40-44(38)48(54)49(2)45(40)51/h3-29H,1-2H3. The van der Waals surface area contributed by atoms with Gasteiger partial charge >= 0.3 is 0 Å². The molecule has 7 aromatic rings. The normalized spacial score (nSPS) is 13.5. The van der Waals surface area contributed by atoms with Gasteiger partial charge in [-0.1, -0.05) is 97.1 Å². The van der Waals surface area contributed by atoms with Crippen molar-refractivity contribution in [3.63, 3.8) is 0 Å². The molecule has 0 spiro atoms. The maximum Gasteiger partial charge on any atom is 0.266 e. The largest absolute Gasteiger partial charge is 0.457 e. The number of amides is 4. The summed E-state index contributed by atoms with van der Waals surface area (Å²) in [5.41, 5.74) is 3.19. The van der Waals surface area contributed by atoms with Crippen LogP contribution in [0.1, 0.15) is 47.0 Å². The SMILES string of the molecule is Cc1cccc(Oc2ccc(P(=O)(c3ccccc3)c3ccccc3)c(Oc3cccc(N4C(=O)c5ccc(-c6cccc7c6C(=O)N(C)C7=O)cc5C4=O)c3)c2)c1. The summed E-state index contributed by atoms with van der Waals surface area (Å²) in [5, 5.41) is 1.65. The van der Waals surface area contributed by atoms with Crippen molar-refractivity contribution in [1.29, 1.82) is 0 Å². The smallest absolute Gasteiger partial charge is 0.266 e. The minimum Gasteiger partial charge on any atom is -0.457 e. The molecule has 7 aromatic carbocycles. The van der Waals surface area contributed by atoms with Crippen molar-refractivity contribution in [2.24, 2.45) is 0 Å². The molecule has 0 aromatic heterocycles. The molecule has 9 rings (SSSR count). The van der Waals surface area contributed by atoms with Crippen LogP contribution in [0, 0.1) is 6.92 Å². The minimum atomic E-state index is -3.54. The summed E-state index contributed by atoms with van der Waals surface area (Å²) in [6.45, 7) is 1.97. The van der Waals surface area contributed by atoms with E-state index in [1.165, 1.54) is 7.05 Å². The maximum absolute atomic E-state index is 15.6. The first kappa shape index (κ1) is 36.3. The molecule has 2 heterocycles. The first-order valence-electron chi connectivity index (χ1n) is 18.5. The molecule has 4 amide bonds. The van der Waals surface area contributed by atoms with Crippen molar-refractivity contribution in [2.45, 2.75) is 6.92 Å². The highest BCUT2D eigenvalue weighted by molar-refractivity contribution is 7.85. The lowest BCUT2D eigenvalue weighted by Gasteiger charge is -2.23. The lowest BCUT2D eigenvalue weighted by Crippen LogP contribution is -2.29. The number of benzene rings is 7. The van der Waals surface area contributed by atoms with E-state index in [1.807, 2.05) is 91.9 Å². The summed E-state index contributed by atoms with van der Waals surface area (Å²) in [6.07, 6.45) is 0. The number of ether oxygens (including phenoxy) is 2. The zero-order valence-electron chi connectivity index (χ0n) is 31.3. The monoisotopic (exact) mass is 780 g/mol. The van der Waals surface area contributed by atoms with Gasteiger partial charge in [-0.05, 0) is 78.2 Å². The lowest BCUT2D eigenvalue weighted by atomic mass is 9.94. The first-order chi connectivity index (χ1) is 28.1. The number of nitrogens with zero attached hydrogens (tertiary/aromatic N) is 2. The highest BCUT2D eigenvalue weighted by atomic mass is 31.2. The van der Waals surface area contributed by atoms with Crippen molar-refractivity contribution in [3.8, 4) is 34.1 Å². The second kappa shape index (κ2) is 14.3. The molecule has 0 bridgehead atoms. The summed E-state index contributed by atoms with van der Waals surface area (Å²) in [5.74, 6) is -0.306. The lowest BCUT2D eigenvalue weighted by molar-refractivity contribution is 0.0692. The molecule has 58 heavy (non-hydrogen) atoms. The molecule has 2 aliphatic heterocycles. The molecule has 10 heteroatoms. The number of hydrogen-bond donors (Lipinski definition) is 0. The summed E-state index contributed by atoms with van der Waals surface area (Å²) in [4.78, 5) is 55.8. The Morgan fingerprint density at radius 2 is 1.10 bits per heavy atom. The van der Waals surface area contributed by atoms with Gasteiger partial charge in [0, 0.05) is 29.8 Å². The molecule has 0 atom stereocenters. The molecule has 0 fully saturated rings. The van der Waals surface area contributed by atoms with E-state index >= 15 is 4.57 Å². The van der Waals surface area contributed by atoms with Gasteiger partial charge in [-0.3, -0.25) is 24.1 Å². The Kier molecular flexibility index (Phi) is 8.95. The number of carbonyl (C=O) groups is 4. The Morgan fingerprint density at radius 3 is 1.81 bits per heavy atom. The van der Waals surface area contributed by atoms with Crippen molar-refractivity contribution >= 4 is 52.4 Å². The van der Waals surface area contributed by atoms with Gasteiger partial charge in [-0.2, -0.15) is 0 Å². The van der Waals surface area contributed by atoms with Crippen LogP contribution in [0.4, 0.5) is 5.69 Å². The number of fused-ring (bicyclic) bond motifs is 2. The van der Waals surface area contributed by atoms with Gasteiger partial charge in [0.2, 0.25) is 0 Å². The summed E-state index contributed by atoms with van der Waals surface area (Å²) >= 11 is 0. The summed E-state index contributed by atoms with van der Waals surface area (Å²) in [6, 6.07) is 47.7. The molecule has 0 radical (unpaired) electrons. The maximum atomic E-state index is 15.6. The fourth-order valence-electron chi connectivity index (χ4n) is 7.52. The van der Waals surface area contributed by atoms with Crippen LogP contribution in [0.3, 0.4) is 0 Å². The average Bonchev–Trinajstić information content (AvgIpc) is 3.63. The first-order valence-corrected chi connectivity index (χ1v) is 20.2. The number of anilines is 1. The van der Waals surface area contributed by atoms with Crippen molar-refractivity contribution in [1.82, 2.24) is 4.90 Å². The third kappa shape index (κ3) is 6.09. The van der Waals surface area contributed by atoms with Crippen molar-refractivity contribution in [2.75, 3.05) is 11.9 Å². The Balaban J connectivity index is 1.10. The summed E-state index contributed by atoms with van der Waals surface area (Å²) < 4.78 is 28.5. The molecule has 0 N–H and O–H groups in total. The van der Waals surface area contributed by atoms with Gasteiger partial charge in [0.15, 0.2) is 7.14 Å². The van der Waals surface area contributed by atoms with Crippen LogP contribution < -0.4 is 30.3 Å². The predicted octanol–water partition coefficient (Wildman–Crippen LogP) is 8.91. The number of imide groups is 2. The van der Waals surface area contributed by atoms with Gasteiger partial charge in [0.1, 0.15) is 23.0 Å². The molecule has 0 saturated heterocycles. The van der Waals surface area contributed by atoms with Crippen LogP contribution in [0.25, 0.3) is 11.1 Å². The number of aryl methyl sites for hydroxylation is 1. The van der Waals surface area contributed by atoms with Crippen molar-refractivity contribution < 1.29 is 33.2 Å². The van der Waals surface area contributed by atoms with Gasteiger partial charge < -0.3 is 14.0 Å². The number of carbonyl (C=O) groups excluding carboxylic acids is 4. The summed E-state index contributed by atoms with van der Waals surface area (Å²) in [7, 11) is -2.11. The van der Waals surface area contributed by atoms with Gasteiger partial charge in [-0.25, -0.2) is 4.90 Å². The molecule has 282 valence electrons. The minimum absolute atomic E-state index is 0.159. The zero-order chi connectivity index (χ0) is 40.1. The third-order valence-corrected chi connectivity index (χ3v) is 13.5. The fraction of sp³-hybridized carbons (Fsp3) is 0.0417. The molecule has 2 aliphatic rings. The van der Waals surface area contributed by atoms with Gasteiger partial charge in [0.25, 0.3) is 23.6 Å². The van der Waals surface area contributed by atoms with Gasteiger partial charge in [0.05, 0.1) is 33.2 Å². The van der Waals surface area contributed by atoms with E-state index in [0.717, 1.165) is 15.4 Å². The van der Waals surface area contributed by atoms with E-state index in [2.05, 4.69) is 0 Å². The van der Waals surface area contributed by atoms with Crippen LogP contribution in [0.2, 0.25) is 0 Å². The van der Waals surface area contributed by atoms with E-state index in [0.29, 0.717) is 38.5 Å². The average molecular weight is 781 g/mol. The van der Waals surface area contributed by atoms with Crippen molar-refractivity contribution in [3.05, 3.63) is 192 Å². The van der Waals surface area contributed by atoms with E-state index in [1.54, 1.807) is 78.9 Å². The Bertz CT molecular complexity index is 2850. The van der Waals surface area contributed by atoms with E-state index in [9.17, 15) is 19.2 Å². The van der Waals surface area contributed by atoms with Gasteiger partial charge in [-0.15, -0.1) is 0 Å². The second-order valence-electron chi connectivity index (χ2n) is 14.0. The predicted molar refractivity (Wildman–Crippen MR) is 223 cm³/mol. The second-order valence-corrected chi connectivity index (χ2v) is 16.8. The molecule has 0 aliphatic carbocycles. The topological polar surface area (TPSA) is 110 Å². The number of hydrogen-bond acceptors (Lipinski definition) is 7. The quantitative estimate of drug-likeness (QED) is 0.106. The van der Waals surface area contributed by atoms with Crippen LogP contribution in [0.5, 0.6) is 23.0 Å². The molecular formula is C48H33N2O7P. The molecular weight excluding hydrogens is 748 g/mol. The fourth-order valence-corrected chi connectivity index (χ4v) is 10.3. The third-order valence-electron chi connectivity index (χ3n) is 10.4. The van der Waals surface area contributed by atoms with E-state index < -0.39 is 30.8 Å². The highest BCUT2D eigenvalue weighted by Crippen LogP contribution is 2.47. The Hall–Kier alpha value is -7.35. The molecule has 0 saturated carbocycles. The van der Waals surface area contributed by atoms with E-state index in [-0.39, 0.29) is 39.4 Å². The van der Waals surface area contributed by atoms with Crippen LogP contribution in [-0.4, -0.2) is 35.6 Å². The molecule has 9 nitrogen and oxygen atoms in total. The van der Waals surface area contributed by atoms with Crippen LogP contribution >= 0.6 is 7.14 Å².